The minimum absolute atomic E-state index is 0.0309. The lowest BCUT2D eigenvalue weighted by Gasteiger charge is -2.27. The van der Waals surface area contributed by atoms with Crippen molar-refractivity contribution in [1.29, 1.82) is 0 Å². The zero-order valence-electron chi connectivity index (χ0n) is 19.1. The number of morpholine rings is 1. The number of nitrogens with zero attached hydrogens (tertiary/aromatic N) is 2. The van der Waals surface area contributed by atoms with Crippen LogP contribution in [0.3, 0.4) is 0 Å². The highest BCUT2D eigenvalue weighted by atomic mass is 19.4. The van der Waals surface area contributed by atoms with Gasteiger partial charge in [0.05, 0.1) is 30.7 Å². The van der Waals surface area contributed by atoms with E-state index in [0.717, 1.165) is 31.0 Å². The summed E-state index contributed by atoms with van der Waals surface area (Å²) in [5.41, 5.74) is 0.522. The van der Waals surface area contributed by atoms with E-state index in [1.54, 1.807) is 24.4 Å². The number of hydrogen-bond donors (Lipinski definition) is 2. The van der Waals surface area contributed by atoms with Crippen LogP contribution in [-0.4, -0.2) is 43.1 Å². The van der Waals surface area contributed by atoms with E-state index in [1.165, 1.54) is 36.4 Å². The molecule has 0 radical (unpaired) electrons. The molecule has 0 spiro atoms. The Hall–Kier alpha value is -4.18. The highest BCUT2D eigenvalue weighted by Crippen LogP contribution is 2.30. The third kappa shape index (κ3) is 6.70. The number of halogens is 3. The SMILES string of the molecule is O=C(C=Cc1cccc(C(=O)Nc2cccc(C(F)(F)F)c2)c1)Nc1ccc(N2CCOCC2)nc1. The Balaban J connectivity index is 1.35. The van der Waals surface area contributed by atoms with Crippen molar-refractivity contribution in [3.63, 3.8) is 0 Å². The van der Waals surface area contributed by atoms with Crippen LogP contribution in [0, 0.1) is 0 Å². The lowest BCUT2D eigenvalue weighted by molar-refractivity contribution is -0.137. The first kappa shape index (κ1) is 24.9. The zero-order valence-corrected chi connectivity index (χ0v) is 19.1. The second kappa shape index (κ2) is 11.0. The Morgan fingerprint density at radius 1 is 0.944 bits per heavy atom. The Morgan fingerprint density at radius 3 is 2.44 bits per heavy atom. The number of alkyl halides is 3. The summed E-state index contributed by atoms with van der Waals surface area (Å²) in [6.45, 7) is 2.83. The van der Waals surface area contributed by atoms with Crippen molar-refractivity contribution in [2.24, 2.45) is 0 Å². The van der Waals surface area contributed by atoms with Crippen LogP contribution in [0.4, 0.5) is 30.4 Å². The Labute approximate surface area is 205 Å². The molecule has 186 valence electrons. The molecule has 1 aliphatic heterocycles. The summed E-state index contributed by atoms with van der Waals surface area (Å²) in [5, 5.41) is 5.19. The van der Waals surface area contributed by atoms with Gasteiger partial charge in [-0.15, -0.1) is 0 Å². The fourth-order valence-electron chi connectivity index (χ4n) is 3.56. The van der Waals surface area contributed by atoms with Crippen LogP contribution in [0.1, 0.15) is 21.5 Å². The molecule has 1 saturated heterocycles. The van der Waals surface area contributed by atoms with E-state index in [4.69, 9.17) is 4.74 Å². The molecule has 1 aromatic heterocycles. The number of nitrogens with one attached hydrogen (secondary N) is 2. The van der Waals surface area contributed by atoms with Gasteiger partial charge in [0, 0.05) is 30.4 Å². The molecule has 0 unspecified atom stereocenters. The molecule has 10 heteroatoms. The molecule has 0 atom stereocenters. The van der Waals surface area contributed by atoms with E-state index in [1.807, 2.05) is 6.07 Å². The van der Waals surface area contributed by atoms with Crippen LogP contribution in [0.15, 0.2) is 72.9 Å². The van der Waals surface area contributed by atoms with Gasteiger partial charge in [0.15, 0.2) is 0 Å². The average molecular weight is 496 g/mol. The van der Waals surface area contributed by atoms with Crippen molar-refractivity contribution in [1.82, 2.24) is 4.98 Å². The van der Waals surface area contributed by atoms with E-state index in [-0.39, 0.29) is 17.2 Å². The Bertz CT molecular complexity index is 1250. The Morgan fingerprint density at radius 2 is 1.72 bits per heavy atom. The standard InChI is InChI=1S/C26H23F3N4O3/c27-26(28,29)20-5-2-6-21(16-20)32-25(35)19-4-1-3-18(15-19)7-10-24(34)31-22-8-9-23(30-17-22)33-11-13-36-14-12-33/h1-10,15-17H,11-14H2,(H,31,34)(H,32,35). The fraction of sp³-hybridized carbons (Fsp3) is 0.192. The first-order valence-corrected chi connectivity index (χ1v) is 11.1. The van der Waals surface area contributed by atoms with Crippen LogP contribution in [0.25, 0.3) is 6.08 Å². The smallest absolute Gasteiger partial charge is 0.378 e. The van der Waals surface area contributed by atoms with Crippen LogP contribution in [0.2, 0.25) is 0 Å². The number of ether oxygens (including phenoxy) is 1. The molecule has 0 aliphatic carbocycles. The van der Waals surface area contributed by atoms with Gasteiger partial charge < -0.3 is 20.3 Å². The average Bonchev–Trinajstić information content (AvgIpc) is 2.88. The highest BCUT2D eigenvalue weighted by molar-refractivity contribution is 6.05. The van der Waals surface area contributed by atoms with Gasteiger partial charge in [0.25, 0.3) is 5.91 Å². The number of aromatic nitrogens is 1. The second-order valence-electron chi connectivity index (χ2n) is 7.99. The summed E-state index contributed by atoms with van der Waals surface area (Å²) in [6.07, 6.45) is -0.0756. The van der Waals surface area contributed by atoms with Crippen LogP contribution >= 0.6 is 0 Å². The molecule has 4 rings (SSSR count). The first-order valence-electron chi connectivity index (χ1n) is 11.1. The summed E-state index contributed by atoms with van der Waals surface area (Å²) in [6, 6.07) is 14.4. The number of benzene rings is 2. The minimum Gasteiger partial charge on any atom is -0.378 e. The molecule has 0 bridgehead atoms. The number of anilines is 3. The van der Waals surface area contributed by atoms with Gasteiger partial charge >= 0.3 is 6.18 Å². The molecule has 1 aliphatic rings. The maximum absolute atomic E-state index is 12.9. The molecular formula is C26H23F3N4O3. The molecule has 2 amide bonds. The third-order valence-corrected chi connectivity index (χ3v) is 5.37. The van der Waals surface area contributed by atoms with Crippen molar-refractivity contribution in [2.45, 2.75) is 6.18 Å². The Kier molecular flexibility index (Phi) is 7.65. The normalized spacial score (nSPS) is 14.0. The first-order chi connectivity index (χ1) is 17.3. The summed E-state index contributed by atoms with van der Waals surface area (Å²) in [4.78, 5) is 31.3. The van der Waals surface area contributed by atoms with Gasteiger partial charge in [-0.1, -0.05) is 18.2 Å². The number of carbonyl (C=O) groups is 2. The molecule has 7 nitrogen and oxygen atoms in total. The number of carbonyl (C=O) groups excluding carboxylic acids is 2. The molecule has 36 heavy (non-hydrogen) atoms. The number of rotatable bonds is 6. The van der Waals surface area contributed by atoms with Gasteiger partial charge in [-0.3, -0.25) is 9.59 Å². The van der Waals surface area contributed by atoms with Crippen molar-refractivity contribution >= 4 is 35.1 Å². The molecule has 1 fully saturated rings. The van der Waals surface area contributed by atoms with E-state index in [9.17, 15) is 22.8 Å². The van der Waals surface area contributed by atoms with Crippen molar-refractivity contribution in [3.8, 4) is 0 Å². The van der Waals surface area contributed by atoms with Gasteiger partial charge in [0.1, 0.15) is 5.82 Å². The van der Waals surface area contributed by atoms with Crippen molar-refractivity contribution in [3.05, 3.63) is 89.6 Å². The van der Waals surface area contributed by atoms with E-state index in [2.05, 4.69) is 20.5 Å². The summed E-state index contributed by atoms with van der Waals surface area (Å²) < 4.78 is 44.0. The molecule has 3 aromatic rings. The predicted octanol–water partition coefficient (Wildman–Crippen LogP) is 4.84. The monoisotopic (exact) mass is 496 g/mol. The number of hydrogen-bond acceptors (Lipinski definition) is 5. The largest absolute Gasteiger partial charge is 0.416 e. The van der Waals surface area contributed by atoms with Crippen molar-refractivity contribution in [2.75, 3.05) is 41.8 Å². The number of amides is 2. The van der Waals surface area contributed by atoms with Crippen LogP contribution in [0.5, 0.6) is 0 Å². The molecule has 2 aromatic carbocycles. The van der Waals surface area contributed by atoms with E-state index >= 15 is 0 Å². The summed E-state index contributed by atoms with van der Waals surface area (Å²) in [5.74, 6) is -0.137. The second-order valence-corrected chi connectivity index (χ2v) is 7.99. The van der Waals surface area contributed by atoms with Crippen LogP contribution < -0.4 is 15.5 Å². The quantitative estimate of drug-likeness (QED) is 0.477. The van der Waals surface area contributed by atoms with Gasteiger partial charge in [-0.25, -0.2) is 4.98 Å². The third-order valence-electron chi connectivity index (χ3n) is 5.37. The zero-order chi connectivity index (χ0) is 25.5. The summed E-state index contributed by atoms with van der Waals surface area (Å²) >= 11 is 0. The maximum atomic E-state index is 12.9. The molecule has 2 N–H and O–H groups in total. The van der Waals surface area contributed by atoms with E-state index < -0.39 is 17.6 Å². The van der Waals surface area contributed by atoms with Gasteiger partial charge in [-0.2, -0.15) is 13.2 Å². The van der Waals surface area contributed by atoms with Crippen LogP contribution in [-0.2, 0) is 15.7 Å². The van der Waals surface area contributed by atoms with E-state index in [0.29, 0.717) is 24.5 Å². The minimum atomic E-state index is -4.51. The maximum Gasteiger partial charge on any atom is 0.416 e. The highest BCUT2D eigenvalue weighted by Gasteiger charge is 2.30. The number of pyridine rings is 1. The molecular weight excluding hydrogens is 473 g/mol. The van der Waals surface area contributed by atoms with Crippen molar-refractivity contribution < 1.29 is 27.5 Å². The molecule has 0 saturated carbocycles. The molecule has 2 heterocycles. The summed E-state index contributed by atoms with van der Waals surface area (Å²) in [7, 11) is 0. The van der Waals surface area contributed by atoms with Gasteiger partial charge in [0.2, 0.25) is 5.91 Å². The predicted molar refractivity (Wildman–Crippen MR) is 131 cm³/mol. The van der Waals surface area contributed by atoms with Gasteiger partial charge in [-0.05, 0) is 54.1 Å². The lowest BCUT2D eigenvalue weighted by Crippen LogP contribution is -2.36. The topological polar surface area (TPSA) is 83.6 Å². The lowest BCUT2D eigenvalue weighted by atomic mass is 10.1. The fourth-order valence-corrected chi connectivity index (χ4v) is 3.56.